The first-order valence-corrected chi connectivity index (χ1v) is 7.72. The lowest BCUT2D eigenvalue weighted by Gasteiger charge is -2.21. The molecule has 0 saturated heterocycles. The third-order valence-electron chi connectivity index (χ3n) is 4.80. The first-order valence-electron chi connectivity index (χ1n) is 7.34. The molecule has 0 aliphatic heterocycles. The lowest BCUT2D eigenvalue weighted by atomic mass is 9.88. The Morgan fingerprint density at radius 2 is 2.05 bits per heavy atom. The summed E-state index contributed by atoms with van der Waals surface area (Å²) in [5.74, 6) is 1.63. The van der Waals surface area contributed by atoms with Gasteiger partial charge in [0.05, 0.1) is 6.10 Å². The molecule has 20 heavy (non-hydrogen) atoms. The summed E-state index contributed by atoms with van der Waals surface area (Å²) < 4.78 is 0. The molecule has 2 aliphatic rings. The van der Waals surface area contributed by atoms with Gasteiger partial charge in [-0.15, -0.1) is 0 Å². The van der Waals surface area contributed by atoms with Crippen molar-refractivity contribution in [3.05, 3.63) is 34.9 Å². The van der Waals surface area contributed by atoms with Crippen LogP contribution in [0.3, 0.4) is 0 Å². The van der Waals surface area contributed by atoms with Crippen LogP contribution in [0.2, 0.25) is 5.02 Å². The van der Waals surface area contributed by atoms with Crippen LogP contribution in [-0.2, 0) is 4.79 Å². The zero-order valence-corrected chi connectivity index (χ0v) is 12.1. The second-order valence-corrected chi connectivity index (χ2v) is 6.53. The van der Waals surface area contributed by atoms with Crippen molar-refractivity contribution >= 4 is 17.5 Å². The summed E-state index contributed by atoms with van der Waals surface area (Å²) in [5.41, 5.74) is 0.780. The number of carbonyl (C=O) groups is 1. The average molecular weight is 294 g/mol. The largest absolute Gasteiger partial charge is 0.387 e. The average Bonchev–Trinajstić information content (AvgIpc) is 3.08. The van der Waals surface area contributed by atoms with Crippen molar-refractivity contribution in [2.75, 3.05) is 6.54 Å². The molecule has 0 heterocycles. The number of hydrogen-bond donors (Lipinski definition) is 2. The van der Waals surface area contributed by atoms with Gasteiger partial charge in [-0.25, -0.2) is 0 Å². The molecule has 2 saturated carbocycles. The van der Waals surface area contributed by atoms with Gasteiger partial charge < -0.3 is 10.4 Å². The standard InChI is InChI=1S/C16H20ClNO2/c17-13-5-3-11(4-6-13)15(19)9-18-16(20)14-8-10-1-2-12(14)7-10/h3-6,10,12,14-15,19H,1-2,7-9H2,(H,18,20). The highest BCUT2D eigenvalue weighted by Gasteiger charge is 2.42. The number of aliphatic hydroxyl groups is 1. The van der Waals surface area contributed by atoms with Crippen LogP contribution in [-0.4, -0.2) is 17.6 Å². The van der Waals surface area contributed by atoms with E-state index in [-0.39, 0.29) is 18.4 Å². The highest BCUT2D eigenvalue weighted by molar-refractivity contribution is 6.30. The minimum Gasteiger partial charge on any atom is -0.387 e. The topological polar surface area (TPSA) is 49.3 Å². The molecular formula is C16H20ClNO2. The van der Waals surface area contributed by atoms with Gasteiger partial charge in [0.1, 0.15) is 0 Å². The second-order valence-electron chi connectivity index (χ2n) is 6.09. The molecular weight excluding hydrogens is 274 g/mol. The number of halogens is 1. The molecule has 1 aromatic carbocycles. The van der Waals surface area contributed by atoms with E-state index in [4.69, 9.17) is 11.6 Å². The maximum Gasteiger partial charge on any atom is 0.223 e. The molecule has 1 amide bonds. The summed E-state index contributed by atoms with van der Waals surface area (Å²) in [6, 6.07) is 7.07. The Labute approximate surface area is 124 Å². The number of benzene rings is 1. The van der Waals surface area contributed by atoms with Gasteiger partial charge in [-0.1, -0.05) is 30.2 Å². The van der Waals surface area contributed by atoms with Gasteiger partial charge >= 0.3 is 0 Å². The van der Waals surface area contributed by atoms with E-state index >= 15 is 0 Å². The van der Waals surface area contributed by atoms with Gasteiger partial charge in [0, 0.05) is 17.5 Å². The molecule has 108 valence electrons. The summed E-state index contributed by atoms with van der Waals surface area (Å²) in [6.07, 6.45) is 4.07. The zero-order chi connectivity index (χ0) is 14.1. The molecule has 2 N–H and O–H groups in total. The number of aliphatic hydroxyl groups excluding tert-OH is 1. The van der Waals surface area contributed by atoms with Crippen LogP contribution >= 0.6 is 11.6 Å². The Morgan fingerprint density at radius 3 is 2.65 bits per heavy atom. The molecule has 3 nitrogen and oxygen atoms in total. The number of carbonyl (C=O) groups excluding carboxylic acids is 1. The first-order chi connectivity index (χ1) is 9.63. The van der Waals surface area contributed by atoms with Gasteiger partial charge in [0.2, 0.25) is 5.91 Å². The van der Waals surface area contributed by atoms with Crippen LogP contribution in [0.4, 0.5) is 0 Å². The van der Waals surface area contributed by atoms with E-state index in [1.165, 1.54) is 19.3 Å². The van der Waals surface area contributed by atoms with E-state index in [2.05, 4.69) is 5.32 Å². The molecule has 4 atom stereocenters. The summed E-state index contributed by atoms with van der Waals surface area (Å²) in [5, 5.41) is 13.6. The third kappa shape index (κ3) is 2.84. The monoisotopic (exact) mass is 293 g/mol. The van der Waals surface area contributed by atoms with E-state index in [1.54, 1.807) is 24.3 Å². The highest BCUT2D eigenvalue weighted by Crippen LogP contribution is 2.48. The molecule has 0 aromatic heterocycles. The molecule has 0 spiro atoms. The fourth-order valence-corrected chi connectivity index (χ4v) is 3.82. The lowest BCUT2D eigenvalue weighted by molar-refractivity contribution is -0.127. The third-order valence-corrected chi connectivity index (χ3v) is 5.05. The van der Waals surface area contributed by atoms with E-state index in [0.29, 0.717) is 10.9 Å². The second kappa shape index (κ2) is 5.74. The van der Waals surface area contributed by atoms with Crippen LogP contribution in [0.1, 0.15) is 37.4 Å². The normalized spacial score (nSPS) is 29.4. The molecule has 4 heteroatoms. The quantitative estimate of drug-likeness (QED) is 0.897. The van der Waals surface area contributed by atoms with Gasteiger partial charge in [-0.2, -0.15) is 0 Å². The number of amides is 1. The van der Waals surface area contributed by atoms with Gasteiger partial charge in [0.25, 0.3) is 0 Å². The van der Waals surface area contributed by atoms with E-state index in [9.17, 15) is 9.90 Å². The number of hydrogen-bond acceptors (Lipinski definition) is 2. The highest BCUT2D eigenvalue weighted by atomic mass is 35.5. The maximum atomic E-state index is 12.2. The van der Waals surface area contributed by atoms with E-state index < -0.39 is 6.10 Å². The fourth-order valence-electron chi connectivity index (χ4n) is 3.70. The zero-order valence-electron chi connectivity index (χ0n) is 11.4. The van der Waals surface area contributed by atoms with Crippen molar-refractivity contribution in [1.82, 2.24) is 5.32 Å². The van der Waals surface area contributed by atoms with Crippen molar-refractivity contribution in [2.24, 2.45) is 17.8 Å². The molecule has 0 radical (unpaired) electrons. The van der Waals surface area contributed by atoms with Gasteiger partial charge in [-0.3, -0.25) is 4.79 Å². The Bertz CT molecular complexity index is 488. The van der Waals surface area contributed by atoms with Crippen LogP contribution in [0, 0.1) is 17.8 Å². The summed E-state index contributed by atoms with van der Waals surface area (Å²) in [7, 11) is 0. The summed E-state index contributed by atoms with van der Waals surface area (Å²) in [6.45, 7) is 0.272. The Morgan fingerprint density at radius 1 is 1.30 bits per heavy atom. The minimum absolute atomic E-state index is 0.116. The molecule has 2 bridgehead atoms. The number of nitrogens with one attached hydrogen (secondary N) is 1. The molecule has 2 fully saturated rings. The lowest BCUT2D eigenvalue weighted by Crippen LogP contribution is -2.36. The molecule has 1 aromatic rings. The van der Waals surface area contributed by atoms with Crippen LogP contribution in [0.15, 0.2) is 24.3 Å². The van der Waals surface area contributed by atoms with Crippen molar-refractivity contribution < 1.29 is 9.90 Å². The Balaban J connectivity index is 1.51. The van der Waals surface area contributed by atoms with Crippen LogP contribution in [0.5, 0.6) is 0 Å². The SMILES string of the molecule is O=C(NCC(O)c1ccc(Cl)cc1)C1CC2CCC1C2. The van der Waals surface area contributed by atoms with E-state index in [0.717, 1.165) is 17.9 Å². The maximum absolute atomic E-state index is 12.2. The molecule has 4 unspecified atom stereocenters. The summed E-state index contributed by atoms with van der Waals surface area (Å²) >= 11 is 5.81. The van der Waals surface area contributed by atoms with Crippen LogP contribution < -0.4 is 5.32 Å². The molecule has 2 aliphatic carbocycles. The van der Waals surface area contributed by atoms with E-state index in [1.807, 2.05) is 0 Å². The van der Waals surface area contributed by atoms with Crippen molar-refractivity contribution in [2.45, 2.75) is 31.8 Å². The van der Waals surface area contributed by atoms with Gasteiger partial charge in [0.15, 0.2) is 0 Å². The van der Waals surface area contributed by atoms with Crippen LogP contribution in [0.25, 0.3) is 0 Å². The minimum atomic E-state index is -0.671. The predicted molar refractivity (Wildman–Crippen MR) is 78.4 cm³/mol. The fraction of sp³-hybridized carbons (Fsp3) is 0.562. The smallest absolute Gasteiger partial charge is 0.223 e. The first kappa shape index (κ1) is 13.9. The van der Waals surface area contributed by atoms with Crippen molar-refractivity contribution in [1.29, 1.82) is 0 Å². The number of rotatable bonds is 4. The van der Waals surface area contributed by atoms with Crippen molar-refractivity contribution in [3.63, 3.8) is 0 Å². The Hall–Kier alpha value is -1.06. The number of fused-ring (bicyclic) bond motifs is 2. The van der Waals surface area contributed by atoms with Crippen molar-refractivity contribution in [3.8, 4) is 0 Å². The summed E-state index contributed by atoms with van der Waals surface area (Å²) in [4.78, 5) is 12.2. The van der Waals surface area contributed by atoms with Gasteiger partial charge in [-0.05, 0) is 48.8 Å². The molecule has 3 rings (SSSR count). The Kier molecular flexibility index (Phi) is 3.99. The predicted octanol–water partition coefficient (Wildman–Crippen LogP) is 2.93.